The lowest BCUT2D eigenvalue weighted by Crippen LogP contribution is -2.30. The molecule has 0 bridgehead atoms. The van der Waals surface area contributed by atoms with Gasteiger partial charge >= 0.3 is 5.97 Å². The maximum atomic E-state index is 11.3. The molecule has 1 atom stereocenters. The van der Waals surface area contributed by atoms with E-state index in [1.807, 2.05) is 30.3 Å². The van der Waals surface area contributed by atoms with Crippen LogP contribution in [0.4, 0.5) is 0 Å². The quantitative estimate of drug-likeness (QED) is 0.867. The highest BCUT2D eigenvalue weighted by Gasteiger charge is 2.34. The van der Waals surface area contributed by atoms with Crippen molar-refractivity contribution >= 4 is 11.5 Å². The number of aromatic carboxylic acids is 1. The second kappa shape index (κ2) is 5.13. The Balaban J connectivity index is 2.26. The van der Waals surface area contributed by atoms with Crippen molar-refractivity contribution in [3.8, 4) is 0 Å². The summed E-state index contributed by atoms with van der Waals surface area (Å²) >= 11 is 0. The van der Waals surface area contributed by atoms with Crippen LogP contribution in [0.15, 0.2) is 54.6 Å². The van der Waals surface area contributed by atoms with Crippen molar-refractivity contribution in [1.29, 1.82) is 0 Å². The van der Waals surface area contributed by atoms with E-state index in [0.29, 0.717) is 11.5 Å². The molecule has 1 unspecified atom stereocenters. The molecule has 1 aliphatic carbocycles. The van der Waals surface area contributed by atoms with Gasteiger partial charge in [-0.3, -0.25) is 0 Å². The second-order valence-electron chi connectivity index (χ2n) is 6.52. The van der Waals surface area contributed by atoms with Crippen LogP contribution in [0.5, 0.6) is 0 Å². The van der Waals surface area contributed by atoms with Crippen molar-refractivity contribution in [2.24, 2.45) is 5.92 Å². The zero-order valence-corrected chi connectivity index (χ0v) is 13.1. The lowest BCUT2D eigenvalue weighted by Gasteiger charge is -2.37. The Bertz CT molecular complexity index is 755. The van der Waals surface area contributed by atoms with E-state index in [1.54, 1.807) is 6.07 Å². The Hall–Kier alpha value is -2.35. The van der Waals surface area contributed by atoms with Crippen LogP contribution < -0.4 is 0 Å². The van der Waals surface area contributed by atoms with Crippen molar-refractivity contribution in [1.82, 2.24) is 0 Å². The summed E-state index contributed by atoms with van der Waals surface area (Å²) in [6, 6.07) is 15.7. The molecule has 0 aliphatic heterocycles. The minimum Gasteiger partial charge on any atom is -0.478 e. The summed E-state index contributed by atoms with van der Waals surface area (Å²) in [4.78, 5) is 11.3. The number of fused-ring (bicyclic) bond motifs is 1. The third-order valence-electron chi connectivity index (χ3n) is 4.89. The summed E-state index contributed by atoms with van der Waals surface area (Å²) in [7, 11) is 0. The van der Waals surface area contributed by atoms with Crippen LogP contribution in [0.25, 0.3) is 5.57 Å². The van der Waals surface area contributed by atoms with E-state index in [2.05, 4.69) is 39.0 Å². The smallest absolute Gasteiger partial charge is 0.335 e. The van der Waals surface area contributed by atoms with Gasteiger partial charge in [-0.2, -0.15) is 0 Å². The van der Waals surface area contributed by atoms with Crippen LogP contribution in [0.1, 0.15) is 47.8 Å². The molecule has 0 spiro atoms. The first-order valence-electron chi connectivity index (χ1n) is 7.56. The number of allylic oxidation sites excluding steroid dienone is 1. The molecular weight excluding hydrogens is 272 g/mol. The van der Waals surface area contributed by atoms with Gasteiger partial charge in [0.2, 0.25) is 0 Å². The first kappa shape index (κ1) is 14.6. The number of hydrogen-bond donors (Lipinski definition) is 1. The summed E-state index contributed by atoms with van der Waals surface area (Å²) in [5.41, 5.74) is 4.84. The second-order valence-corrected chi connectivity index (χ2v) is 6.52. The van der Waals surface area contributed by atoms with E-state index in [1.165, 1.54) is 5.56 Å². The third kappa shape index (κ3) is 2.25. The molecule has 0 saturated carbocycles. The summed E-state index contributed by atoms with van der Waals surface area (Å²) in [6.07, 6.45) is 2.27. The normalized spacial score (nSPS) is 19.2. The number of carbonyl (C=O) groups is 1. The Labute approximate surface area is 131 Å². The van der Waals surface area contributed by atoms with E-state index in [9.17, 15) is 9.90 Å². The van der Waals surface area contributed by atoms with Crippen LogP contribution in [-0.2, 0) is 5.41 Å². The molecule has 2 aromatic rings. The number of rotatable bonds is 2. The highest BCUT2D eigenvalue weighted by molar-refractivity contribution is 5.92. The van der Waals surface area contributed by atoms with Gasteiger partial charge in [-0.25, -0.2) is 4.79 Å². The predicted octanol–water partition coefficient (Wildman–Crippen LogP) is 4.74. The third-order valence-corrected chi connectivity index (χ3v) is 4.89. The van der Waals surface area contributed by atoms with Crippen molar-refractivity contribution in [3.05, 3.63) is 76.9 Å². The van der Waals surface area contributed by atoms with Gasteiger partial charge in [0.1, 0.15) is 0 Å². The van der Waals surface area contributed by atoms with E-state index in [-0.39, 0.29) is 5.41 Å². The summed E-state index contributed by atoms with van der Waals surface area (Å²) in [6.45, 7) is 6.65. The topological polar surface area (TPSA) is 37.3 Å². The van der Waals surface area contributed by atoms with Crippen molar-refractivity contribution in [2.45, 2.75) is 26.2 Å². The lowest BCUT2D eigenvalue weighted by atomic mass is 9.66. The average molecular weight is 292 g/mol. The van der Waals surface area contributed by atoms with E-state index in [4.69, 9.17) is 0 Å². The van der Waals surface area contributed by atoms with Gasteiger partial charge in [0.05, 0.1) is 5.56 Å². The molecule has 0 heterocycles. The number of carboxylic acid groups (broad SMARTS) is 1. The van der Waals surface area contributed by atoms with Crippen molar-refractivity contribution < 1.29 is 9.90 Å². The molecule has 2 aromatic carbocycles. The lowest BCUT2D eigenvalue weighted by molar-refractivity contribution is 0.0696. The predicted molar refractivity (Wildman–Crippen MR) is 89.1 cm³/mol. The molecule has 1 N–H and O–H groups in total. The fourth-order valence-electron chi connectivity index (χ4n) is 3.12. The zero-order valence-electron chi connectivity index (χ0n) is 13.1. The van der Waals surface area contributed by atoms with Crippen LogP contribution in [-0.4, -0.2) is 11.1 Å². The maximum absolute atomic E-state index is 11.3. The minimum absolute atomic E-state index is 0.00928. The summed E-state index contributed by atoms with van der Waals surface area (Å²) in [5.74, 6) is -0.502. The fraction of sp³-hybridized carbons (Fsp3) is 0.250. The molecule has 1 aliphatic rings. The maximum Gasteiger partial charge on any atom is 0.335 e. The fourth-order valence-corrected chi connectivity index (χ4v) is 3.12. The van der Waals surface area contributed by atoms with E-state index < -0.39 is 5.97 Å². The highest BCUT2D eigenvalue weighted by atomic mass is 16.4. The van der Waals surface area contributed by atoms with E-state index in [0.717, 1.165) is 16.7 Å². The van der Waals surface area contributed by atoms with Crippen LogP contribution >= 0.6 is 0 Å². The van der Waals surface area contributed by atoms with E-state index >= 15 is 0 Å². The van der Waals surface area contributed by atoms with Gasteiger partial charge in [0, 0.05) is 0 Å². The molecule has 22 heavy (non-hydrogen) atoms. The largest absolute Gasteiger partial charge is 0.478 e. The SMILES string of the molecule is CC1C=C(c2ccccc2)c2cc(C(=O)O)ccc2C1(C)C. The van der Waals surface area contributed by atoms with Gasteiger partial charge in [-0.05, 0) is 45.7 Å². The summed E-state index contributed by atoms with van der Waals surface area (Å²) < 4.78 is 0. The zero-order chi connectivity index (χ0) is 15.9. The Morgan fingerprint density at radius 2 is 1.77 bits per heavy atom. The molecule has 2 heteroatoms. The Morgan fingerprint density at radius 3 is 2.41 bits per heavy atom. The number of carboxylic acids is 1. The molecule has 0 fully saturated rings. The summed E-state index contributed by atoms with van der Waals surface area (Å²) in [5, 5.41) is 9.31. The standard InChI is InChI=1S/C20H20O2/c1-13-11-16(14-7-5-4-6-8-14)17-12-15(19(21)22)9-10-18(17)20(13,2)3/h4-13H,1-3H3,(H,21,22). The molecule has 0 amide bonds. The molecule has 3 rings (SSSR count). The number of benzene rings is 2. The number of hydrogen-bond acceptors (Lipinski definition) is 1. The highest BCUT2D eigenvalue weighted by Crippen LogP contribution is 2.44. The van der Waals surface area contributed by atoms with Gasteiger partial charge in [0.25, 0.3) is 0 Å². The molecule has 0 radical (unpaired) electrons. The minimum atomic E-state index is -0.883. The average Bonchev–Trinajstić information content (AvgIpc) is 2.51. The Kier molecular flexibility index (Phi) is 3.40. The molecule has 0 aromatic heterocycles. The van der Waals surface area contributed by atoms with Crippen LogP contribution in [0.3, 0.4) is 0 Å². The van der Waals surface area contributed by atoms with Crippen LogP contribution in [0, 0.1) is 5.92 Å². The van der Waals surface area contributed by atoms with Crippen molar-refractivity contribution in [2.75, 3.05) is 0 Å². The first-order valence-corrected chi connectivity index (χ1v) is 7.56. The van der Waals surface area contributed by atoms with Gasteiger partial charge in [-0.1, -0.05) is 63.2 Å². The van der Waals surface area contributed by atoms with Crippen LogP contribution in [0.2, 0.25) is 0 Å². The van der Waals surface area contributed by atoms with Gasteiger partial charge in [0.15, 0.2) is 0 Å². The molecule has 0 saturated heterocycles. The Morgan fingerprint density at radius 1 is 1.09 bits per heavy atom. The molecule has 112 valence electrons. The van der Waals surface area contributed by atoms with Gasteiger partial charge < -0.3 is 5.11 Å². The molecule has 2 nitrogen and oxygen atoms in total. The molecular formula is C20H20O2. The first-order chi connectivity index (χ1) is 10.4. The van der Waals surface area contributed by atoms with Gasteiger partial charge in [-0.15, -0.1) is 0 Å². The van der Waals surface area contributed by atoms with Crippen molar-refractivity contribution in [3.63, 3.8) is 0 Å². The monoisotopic (exact) mass is 292 g/mol.